The molecule has 10 atom stereocenters. The van der Waals surface area contributed by atoms with Gasteiger partial charge in [0.15, 0.2) is 0 Å². The largest absolute Gasteiger partial charge is 0.494 e. The van der Waals surface area contributed by atoms with Gasteiger partial charge in [0, 0.05) is 18.7 Å². The Morgan fingerprint density at radius 2 is 1.51 bits per heavy atom. The predicted octanol–water partition coefficient (Wildman–Crippen LogP) is -3.48. The SMILES string of the molecule is CCOc1ccc(C[C@H]2NC(=O)[C@@H](N)CSCC[C@@H](C(=O)N3CCC[C@H]3C(=O)N[C@@H](CCCN)C(N)=O)NC(=O)[C@H](CC(N)=O)NC(=O)[C@H]([C@@H](C)O)NC(=O)[C@H](C(C)CC)NC2=O)cc1. The maximum atomic E-state index is 14.3. The van der Waals surface area contributed by atoms with Crippen molar-refractivity contribution in [2.75, 3.05) is 31.2 Å². The number of amides is 9. The van der Waals surface area contributed by atoms with E-state index in [1.54, 1.807) is 38.1 Å². The fourth-order valence-corrected chi connectivity index (χ4v) is 8.26. The lowest BCUT2D eigenvalue weighted by atomic mass is 9.96. The summed E-state index contributed by atoms with van der Waals surface area (Å²) in [7, 11) is 0. The van der Waals surface area contributed by atoms with E-state index in [1.165, 1.54) is 11.8 Å². The highest BCUT2D eigenvalue weighted by atomic mass is 32.2. The highest BCUT2D eigenvalue weighted by molar-refractivity contribution is 7.99. The number of carbonyl (C=O) groups is 9. The first kappa shape index (κ1) is 53.8. The summed E-state index contributed by atoms with van der Waals surface area (Å²) in [6, 6.07) is -3.76. The number of ether oxygens (including phenoxy) is 1. The molecule has 2 aliphatic rings. The van der Waals surface area contributed by atoms with Gasteiger partial charge in [-0.1, -0.05) is 32.4 Å². The van der Waals surface area contributed by atoms with Gasteiger partial charge in [0.2, 0.25) is 53.2 Å². The third kappa shape index (κ3) is 16.5. The van der Waals surface area contributed by atoms with Gasteiger partial charge in [0.25, 0.3) is 0 Å². The van der Waals surface area contributed by atoms with Crippen LogP contribution in [0.4, 0.5) is 0 Å². The Bertz CT molecular complexity index is 1840. The Morgan fingerprint density at radius 3 is 2.11 bits per heavy atom. The standard InChI is InChI=1S/C42H67N11O11S/c1-5-22(3)33-40(61)52-34(23(4)54)41(62)50-30(20-32(45)55)37(58)48-28(42(63)53-17-8-10-31(53)39(60)47-27(35(46)56)9-7-16-43)15-18-65-21-26(44)36(57)49-29(38(59)51-33)19-24-11-13-25(14-12-24)64-6-2/h11-14,22-23,26-31,33-34,54H,5-10,15-21,43-44H2,1-4H3,(H2,45,55)(H2,46,56)(H,47,60)(H,48,58)(H,49,57)(H,50,62)(H,51,59)(H,52,61)/t22?,23-,26+,27+,28+,29-,30+,31+,33+,34+/m1/s1. The zero-order valence-corrected chi connectivity index (χ0v) is 38.3. The minimum absolute atomic E-state index is 0.0108. The molecule has 65 heavy (non-hydrogen) atoms. The van der Waals surface area contributed by atoms with Crippen molar-refractivity contribution in [3.8, 4) is 5.75 Å². The molecule has 2 saturated heterocycles. The molecule has 2 fully saturated rings. The molecule has 2 aliphatic heterocycles. The van der Waals surface area contributed by atoms with Crippen LogP contribution in [0.25, 0.3) is 0 Å². The Kier molecular flexibility index (Phi) is 21.9. The van der Waals surface area contributed by atoms with Gasteiger partial charge in [-0.2, -0.15) is 11.8 Å². The molecule has 3 rings (SSSR count). The second kappa shape index (κ2) is 26.4. The zero-order chi connectivity index (χ0) is 48.4. The minimum atomic E-state index is -1.73. The molecule has 1 aromatic rings. The summed E-state index contributed by atoms with van der Waals surface area (Å²) in [6.45, 7) is 7.26. The molecule has 22 nitrogen and oxygen atoms in total. The summed E-state index contributed by atoms with van der Waals surface area (Å²) in [5.74, 6) is -7.43. The summed E-state index contributed by atoms with van der Waals surface area (Å²) < 4.78 is 5.53. The van der Waals surface area contributed by atoms with E-state index in [4.69, 9.17) is 27.7 Å². The van der Waals surface area contributed by atoms with Crippen LogP contribution in [-0.2, 0) is 49.6 Å². The van der Waals surface area contributed by atoms with Crippen molar-refractivity contribution in [3.63, 3.8) is 0 Å². The fraction of sp³-hybridized carbons (Fsp3) is 0.643. The van der Waals surface area contributed by atoms with Crippen molar-refractivity contribution in [1.29, 1.82) is 0 Å². The third-order valence-corrected chi connectivity index (χ3v) is 12.3. The van der Waals surface area contributed by atoms with E-state index in [0.29, 0.717) is 37.2 Å². The Labute approximate surface area is 382 Å². The fourth-order valence-electron chi connectivity index (χ4n) is 7.28. The number of aliphatic hydroxyl groups is 1. The van der Waals surface area contributed by atoms with Crippen molar-refractivity contribution in [1.82, 2.24) is 36.8 Å². The van der Waals surface area contributed by atoms with E-state index in [1.807, 2.05) is 6.92 Å². The van der Waals surface area contributed by atoms with E-state index >= 15 is 0 Å². The summed E-state index contributed by atoms with van der Waals surface area (Å²) in [5, 5.41) is 26.2. The lowest BCUT2D eigenvalue weighted by molar-refractivity contribution is -0.142. The quantitative estimate of drug-likeness (QED) is 0.0768. The van der Waals surface area contributed by atoms with E-state index in [2.05, 4.69) is 31.9 Å². The normalized spacial score (nSPS) is 25.6. The van der Waals surface area contributed by atoms with E-state index < -0.39 is 120 Å². The molecule has 0 aliphatic carbocycles. The number of benzene rings is 1. The topological polar surface area (TPSA) is 363 Å². The summed E-state index contributed by atoms with van der Waals surface area (Å²) in [6.07, 6.45) is -0.896. The first-order valence-corrected chi connectivity index (χ1v) is 23.1. The van der Waals surface area contributed by atoms with Crippen LogP contribution in [0.1, 0.15) is 78.2 Å². The molecule has 15 N–H and O–H groups in total. The number of nitrogens with one attached hydrogen (secondary N) is 6. The first-order chi connectivity index (χ1) is 30.8. The van der Waals surface area contributed by atoms with Crippen LogP contribution in [0.3, 0.4) is 0 Å². The van der Waals surface area contributed by atoms with Gasteiger partial charge in [-0.3, -0.25) is 43.2 Å². The van der Waals surface area contributed by atoms with Crippen molar-refractivity contribution in [2.45, 2.75) is 134 Å². The summed E-state index contributed by atoms with van der Waals surface area (Å²) in [5.41, 5.74) is 23.6. The first-order valence-electron chi connectivity index (χ1n) is 21.9. The molecule has 23 heteroatoms. The molecular weight excluding hydrogens is 867 g/mol. The summed E-state index contributed by atoms with van der Waals surface area (Å²) in [4.78, 5) is 123. The molecule has 362 valence electrons. The van der Waals surface area contributed by atoms with Crippen molar-refractivity contribution >= 4 is 64.9 Å². The molecule has 0 radical (unpaired) electrons. The third-order valence-electron chi connectivity index (χ3n) is 11.2. The highest BCUT2D eigenvalue weighted by Gasteiger charge is 2.41. The van der Waals surface area contributed by atoms with Gasteiger partial charge in [-0.25, -0.2) is 0 Å². The van der Waals surface area contributed by atoms with Gasteiger partial charge in [-0.15, -0.1) is 0 Å². The molecule has 0 aromatic heterocycles. The Morgan fingerprint density at radius 1 is 0.877 bits per heavy atom. The van der Waals surface area contributed by atoms with Crippen LogP contribution in [0.5, 0.6) is 5.75 Å². The molecule has 1 aromatic carbocycles. The maximum absolute atomic E-state index is 14.3. The number of thioether (sulfide) groups is 1. The number of hydrogen-bond donors (Lipinski definition) is 11. The second-order valence-corrected chi connectivity index (χ2v) is 17.4. The average Bonchev–Trinajstić information content (AvgIpc) is 3.76. The van der Waals surface area contributed by atoms with Crippen LogP contribution < -0.4 is 59.6 Å². The monoisotopic (exact) mass is 933 g/mol. The number of likely N-dealkylation sites (tertiary alicyclic amines) is 1. The van der Waals surface area contributed by atoms with Crippen LogP contribution >= 0.6 is 11.8 Å². The van der Waals surface area contributed by atoms with Gasteiger partial charge in [-0.05, 0) is 81.9 Å². The maximum Gasteiger partial charge on any atom is 0.245 e. The van der Waals surface area contributed by atoms with Crippen molar-refractivity contribution in [2.24, 2.45) is 28.9 Å². The number of nitrogens with two attached hydrogens (primary N) is 4. The van der Waals surface area contributed by atoms with E-state index in [9.17, 15) is 48.3 Å². The highest BCUT2D eigenvalue weighted by Crippen LogP contribution is 2.21. The Hall–Kier alpha value is -5.52. The predicted molar refractivity (Wildman–Crippen MR) is 240 cm³/mol. The van der Waals surface area contributed by atoms with Crippen LogP contribution in [0.2, 0.25) is 0 Å². The number of rotatable bonds is 16. The van der Waals surface area contributed by atoms with Crippen LogP contribution in [0.15, 0.2) is 24.3 Å². The second-order valence-electron chi connectivity index (χ2n) is 16.3. The molecule has 0 spiro atoms. The minimum Gasteiger partial charge on any atom is -0.494 e. The Balaban J connectivity index is 2.03. The average molecular weight is 934 g/mol. The van der Waals surface area contributed by atoms with Gasteiger partial charge < -0.3 is 69.6 Å². The molecular formula is C42H67N11O11S. The van der Waals surface area contributed by atoms with Gasteiger partial charge in [0.1, 0.15) is 48.0 Å². The number of carbonyl (C=O) groups excluding carboxylic acids is 9. The van der Waals surface area contributed by atoms with Gasteiger partial charge >= 0.3 is 0 Å². The van der Waals surface area contributed by atoms with Crippen LogP contribution in [0, 0.1) is 5.92 Å². The number of hydrogen-bond acceptors (Lipinski definition) is 14. The molecule has 1 unspecified atom stereocenters. The molecule has 9 amide bonds. The van der Waals surface area contributed by atoms with Gasteiger partial charge in [0.05, 0.1) is 25.2 Å². The van der Waals surface area contributed by atoms with Crippen molar-refractivity contribution in [3.05, 3.63) is 29.8 Å². The smallest absolute Gasteiger partial charge is 0.245 e. The van der Waals surface area contributed by atoms with E-state index in [-0.39, 0.29) is 50.3 Å². The number of nitrogens with zero attached hydrogens (tertiary/aromatic N) is 1. The molecule has 0 saturated carbocycles. The lowest BCUT2D eigenvalue weighted by Gasteiger charge is -2.31. The zero-order valence-electron chi connectivity index (χ0n) is 37.5. The van der Waals surface area contributed by atoms with Crippen molar-refractivity contribution < 1.29 is 53.0 Å². The summed E-state index contributed by atoms with van der Waals surface area (Å²) >= 11 is 1.15. The molecule has 0 bridgehead atoms. The van der Waals surface area contributed by atoms with E-state index in [0.717, 1.165) is 11.8 Å². The van der Waals surface area contributed by atoms with Crippen LogP contribution in [-0.4, -0.2) is 149 Å². The number of primary amides is 2. The molecule has 2 heterocycles. The number of aliphatic hydroxyl groups excluding tert-OH is 1. The lowest BCUT2D eigenvalue weighted by Crippen LogP contribution is -2.63.